The quantitative estimate of drug-likeness (QED) is 0.427. The van der Waals surface area contributed by atoms with Crippen molar-refractivity contribution in [1.29, 1.82) is 0 Å². The van der Waals surface area contributed by atoms with Gasteiger partial charge in [0.25, 0.3) is 5.91 Å². The summed E-state index contributed by atoms with van der Waals surface area (Å²) in [6.07, 6.45) is -0.695. The second-order valence-electron chi connectivity index (χ2n) is 10.0. The number of fused-ring (bicyclic) bond motifs is 1. The van der Waals surface area contributed by atoms with Gasteiger partial charge in [0, 0.05) is 25.6 Å². The third-order valence-corrected chi connectivity index (χ3v) is 8.40. The first kappa shape index (κ1) is 30.2. The Hall–Kier alpha value is -3.35. The predicted octanol–water partition coefficient (Wildman–Crippen LogP) is 2.77. The summed E-state index contributed by atoms with van der Waals surface area (Å²) >= 11 is 0. The monoisotopic (exact) mass is 562 g/mol. The number of benzene rings is 2. The Bertz CT molecular complexity index is 1270. The Kier molecular flexibility index (Phi) is 9.81. The topological polar surface area (TPSA) is 138 Å². The summed E-state index contributed by atoms with van der Waals surface area (Å²) in [4.78, 5) is 27.7. The van der Waals surface area contributed by atoms with Crippen molar-refractivity contribution in [2.75, 3.05) is 39.2 Å². The zero-order chi connectivity index (χ0) is 28.9. The lowest BCUT2D eigenvalue weighted by atomic mass is 9.99. The van der Waals surface area contributed by atoms with Crippen LogP contribution in [0, 0.1) is 5.92 Å². The zero-order valence-electron chi connectivity index (χ0n) is 23.2. The molecule has 0 radical (unpaired) electrons. The van der Waals surface area contributed by atoms with Gasteiger partial charge in [0.05, 0.1) is 42.4 Å². The number of nitrogens with zero attached hydrogens (tertiary/aromatic N) is 2. The molecular formula is C27H38N4O7S. The van der Waals surface area contributed by atoms with Crippen LogP contribution in [0.1, 0.15) is 38.1 Å². The van der Waals surface area contributed by atoms with E-state index in [1.807, 2.05) is 20.8 Å². The van der Waals surface area contributed by atoms with E-state index in [1.165, 1.54) is 30.6 Å². The highest BCUT2D eigenvalue weighted by Gasteiger charge is 2.36. The minimum Gasteiger partial charge on any atom is -0.497 e. The maximum Gasteiger partial charge on any atom is 0.319 e. The van der Waals surface area contributed by atoms with E-state index >= 15 is 0 Å². The van der Waals surface area contributed by atoms with Crippen LogP contribution < -0.4 is 20.1 Å². The molecule has 0 fully saturated rings. The molecule has 0 aliphatic carbocycles. The number of ether oxygens (including phenoxy) is 2. The van der Waals surface area contributed by atoms with Crippen LogP contribution in [0.15, 0.2) is 47.4 Å². The van der Waals surface area contributed by atoms with Crippen LogP contribution in [0.4, 0.5) is 10.5 Å². The number of hydrogen-bond donors (Lipinski definition) is 3. The second kappa shape index (κ2) is 12.7. The highest BCUT2D eigenvalue weighted by atomic mass is 32.2. The zero-order valence-corrected chi connectivity index (χ0v) is 24.0. The molecule has 2 aromatic carbocycles. The number of rotatable bonds is 9. The minimum absolute atomic E-state index is 0.0307. The number of likely N-dealkylation sites (N-methyl/N-ethyl adjacent to an activating group) is 1. The predicted molar refractivity (Wildman–Crippen MR) is 148 cm³/mol. The summed E-state index contributed by atoms with van der Waals surface area (Å²) < 4.78 is 39.4. The molecule has 39 heavy (non-hydrogen) atoms. The molecule has 11 nitrogen and oxygen atoms in total. The van der Waals surface area contributed by atoms with Gasteiger partial charge in [-0.2, -0.15) is 4.31 Å². The second-order valence-corrected chi connectivity index (χ2v) is 12.1. The maximum absolute atomic E-state index is 13.6. The molecule has 12 heteroatoms. The highest BCUT2D eigenvalue weighted by Crippen LogP contribution is 2.35. The van der Waals surface area contributed by atoms with Crippen LogP contribution in [-0.4, -0.2) is 86.7 Å². The Labute approximate surface area is 230 Å². The Morgan fingerprint density at radius 1 is 1.21 bits per heavy atom. The molecule has 3 amide bonds. The molecule has 0 aromatic heterocycles. The van der Waals surface area contributed by atoms with Crippen molar-refractivity contribution in [1.82, 2.24) is 14.5 Å². The molecule has 3 atom stereocenters. The first-order valence-electron chi connectivity index (χ1n) is 12.8. The van der Waals surface area contributed by atoms with Crippen LogP contribution >= 0.6 is 0 Å². The molecule has 1 aliphatic heterocycles. The lowest BCUT2D eigenvalue weighted by Gasteiger charge is -2.38. The molecule has 3 N–H and O–H groups in total. The van der Waals surface area contributed by atoms with Crippen molar-refractivity contribution in [3.8, 4) is 11.5 Å². The fourth-order valence-electron chi connectivity index (χ4n) is 4.26. The van der Waals surface area contributed by atoms with E-state index in [2.05, 4.69) is 10.6 Å². The summed E-state index contributed by atoms with van der Waals surface area (Å²) in [7, 11) is -0.906. The standard InChI is InChI=1S/C27H38N4O7S/c1-17(2)28-27(34)29-23-9-7-8-22-25(23)38-24(18(3)14-31(26(22)33)19(4)16-32)15-30(5)39(35,36)21-12-10-20(37-6)11-13-21/h7-13,17-19,24,32H,14-16H2,1-6H3,(H2,28,29,34)/t18-,19+,24+/m0/s1. The average molecular weight is 563 g/mol. The molecule has 214 valence electrons. The fraction of sp³-hybridized carbons (Fsp3) is 0.481. The fourth-order valence-corrected chi connectivity index (χ4v) is 5.44. The third-order valence-electron chi connectivity index (χ3n) is 6.56. The smallest absolute Gasteiger partial charge is 0.319 e. The van der Waals surface area contributed by atoms with Crippen molar-refractivity contribution in [3.63, 3.8) is 0 Å². The minimum atomic E-state index is -3.88. The van der Waals surface area contributed by atoms with Gasteiger partial charge in [-0.05, 0) is 57.2 Å². The van der Waals surface area contributed by atoms with Gasteiger partial charge in [-0.1, -0.05) is 13.0 Å². The van der Waals surface area contributed by atoms with E-state index in [-0.39, 0.29) is 59.5 Å². The lowest BCUT2D eigenvalue weighted by molar-refractivity contribution is 0.0389. The number of aliphatic hydroxyl groups is 1. The Balaban J connectivity index is 2.00. The molecule has 0 saturated heterocycles. The van der Waals surface area contributed by atoms with Crippen molar-refractivity contribution in [3.05, 3.63) is 48.0 Å². The van der Waals surface area contributed by atoms with E-state index in [4.69, 9.17) is 9.47 Å². The molecule has 1 heterocycles. The number of urea groups is 1. The first-order chi connectivity index (χ1) is 18.4. The van der Waals surface area contributed by atoms with Gasteiger partial charge >= 0.3 is 6.03 Å². The summed E-state index contributed by atoms with van der Waals surface area (Å²) in [5, 5.41) is 15.3. The van der Waals surface area contributed by atoms with E-state index in [9.17, 15) is 23.1 Å². The summed E-state index contributed by atoms with van der Waals surface area (Å²) in [6.45, 7) is 7.18. The molecule has 1 aliphatic rings. The SMILES string of the molecule is COc1ccc(S(=O)(=O)N(C)C[C@H]2Oc3c(NC(=O)NC(C)C)cccc3C(=O)N([C@H](C)CO)C[C@@H]2C)cc1. The van der Waals surface area contributed by atoms with Crippen molar-refractivity contribution >= 4 is 27.6 Å². The van der Waals surface area contributed by atoms with E-state index in [0.717, 1.165) is 0 Å². The molecule has 2 aromatic rings. The number of anilines is 1. The summed E-state index contributed by atoms with van der Waals surface area (Å²) in [5.74, 6) is -0.0102. The third kappa shape index (κ3) is 7.00. The maximum atomic E-state index is 13.6. The van der Waals surface area contributed by atoms with Gasteiger partial charge in [-0.25, -0.2) is 13.2 Å². The van der Waals surface area contributed by atoms with E-state index in [1.54, 1.807) is 42.2 Å². The van der Waals surface area contributed by atoms with E-state index in [0.29, 0.717) is 5.75 Å². The number of amides is 3. The number of hydrogen-bond acceptors (Lipinski definition) is 7. The number of nitrogens with one attached hydrogen (secondary N) is 2. The van der Waals surface area contributed by atoms with Crippen LogP contribution in [0.3, 0.4) is 0 Å². The van der Waals surface area contributed by atoms with Crippen LogP contribution in [0.2, 0.25) is 0 Å². The molecule has 0 spiro atoms. The van der Waals surface area contributed by atoms with Gasteiger partial charge in [0.1, 0.15) is 11.9 Å². The normalized spacial score (nSPS) is 18.6. The number of carbonyl (C=O) groups excluding carboxylic acids is 2. The molecule has 0 bridgehead atoms. The Morgan fingerprint density at radius 2 is 1.87 bits per heavy atom. The molecule has 0 saturated carbocycles. The first-order valence-corrected chi connectivity index (χ1v) is 14.2. The van der Waals surface area contributed by atoms with Crippen molar-refractivity contribution in [2.24, 2.45) is 5.92 Å². The van der Waals surface area contributed by atoms with Gasteiger partial charge in [-0.3, -0.25) is 4.79 Å². The van der Waals surface area contributed by atoms with Crippen LogP contribution in [-0.2, 0) is 10.0 Å². The van der Waals surface area contributed by atoms with Gasteiger partial charge in [0.2, 0.25) is 10.0 Å². The van der Waals surface area contributed by atoms with Crippen LogP contribution in [0.5, 0.6) is 11.5 Å². The van der Waals surface area contributed by atoms with E-state index < -0.39 is 28.2 Å². The molecule has 3 rings (SSSR count). The lowest BCUT2D eigenvalue weighted by Crippen LogP contribution is -2.50. The average Bonchev–Trinajstić information content (AvgIpc) is 2.89. The summed E-state index contributed by atoms with van der Waals surface area (Å²) in [5.41, 5.74) is 0.477. The van der Waals surface area contributed by atoms with Gasteiger partial charge in [0.15, 0.2) is 5.75 Å². The number of aliphatic hydroxyl groups excluding tert-OH is 1. The number of para-hydroxylation sites is 1. The Morgan fingerprint density at radius 3 is 2.46 bits per heavy atom. The largest absolute Gasteiger partial charge is 0.497 e. The van der Waals surface area contributed by atoms with Gasteiger partial charge in [-0.15, -0.1) is 0 Å². The number of methoxy groups -OCH3 is 1. The van der Waals surface area contributed by atoms with Crippen LogP contribution in [0.25, 0.3) is 0 Å². The van der Waals surface area contributed by atoms with Crippen molar-refractivity contribution < 1.29 is 32.6 Å². The number of carbonyl (C=O) groups is 2. The van der Waals surface area contributed by atoms with Crippen molar-refractivity contribution in [2.45, 2.75) is 50.8 Å². The highest BCUT2D eigenvalue weighted by molar-refractivity contribution is 7.89. The molecule has 0 unspecified atom stereocenters. The number of sulfonamides is 1. The van der Waals surface area contributed by atoms with Gasteiger partial charge < -0.3 is 30.1 Å². The molecular weight excluding hydrogens is 524 g/mol. The summed E-state index contributed by atoms with van der Waals surface area (Å²) in [6, 6.07) is 9.85.